The Kier molecular flexibility index (Phi) is 4.71. The van der Waals surface area contributed by atoms with E-state index in [0.717, 1.165) is 18.7 Å². The van der Waals surface area contributed by atoms with Gasteiger partial charge in [-0.1, -0.05) is 20.8 Å². The van der Waals surface area contributed by atoms with Crippen molar-refractivity contribution >= 4 is 0 Å². The summed E-state index contributed by atoms with van der Waals surface area (Å²) in [7, 11) is 3.74. The van der Waals surface area contributed by atoms with Gasteiger partial charge in [-0.2, -0.15) is 0 Å². The van der Waals surface area contributed by atoms with Gasteiger partial charge in [0.2, 0.25) is 0 Å². The van der Waals surface area contributed by atoms with E-state index < -0.39 is 0 Å². The summed E-state index contributed by atoms with van der Waals surface area (Å²) >= 11 is 0. The monoisotopic (exact) mass is 239 g/mol. The minimum absolute atomic E-state index is 0.0386. The maximum Gasteiger partial charge on any atom is 0.108 e. The van der Waals surface area contributed by atoms with Crippen molar-refractivity contribution in [2.45, 2.75) is 45.8 Å². The van der Waals surface area contributed by atoms with Crippen molar-refractivity contribution < 1.29 is 4.74 Å². The summed E-state index contributed by atoms with van der Waals surface area (Å²) in [6.07, 6.45) is 5.63. The molecule has 0 radical (unpaired) electrons. The van der Waals surface area contributed by atoms with Gasteiger partial charge in [-0.25, -0.2) is 4.98 Å². The van der Waals surface area contributed by atoms with Crippen LogP contribution in [-0.4, -0.2) is 28.8 Å². The van der Waals surface area contributed by atoms with Crippen LogP contribution in [-0.2, 0) is 18.2 Å². The summed E-state index contributed by atoms with van der Waals surface area (Å²) in [4.78, 5) is 4.30. The van der Waals surface area contributed by atoms with E-state index in [1.165, 1.54) is 0 Å². The molecule has 0 fully saturated rings. The number of methoxy groups -OCH3 is 1. The number of aryl methyl sites for hydroxylation is 2. The smallest absolute Gasteiger partial charge is 0.108 e. The molecular weight excluding hydrogens is 214 g/mol. The van der Waals surface area contributed by atoms with Gasteiger partial charge in [0, 0.05) is 39.0 Å². The molecule has 2 N–H and O–H groups in total. The van der Waals surface area contributed by atoms with Crippen molar-refractivity contribution in [2.75, 3.05) is 7.11 Å². The van der Waals surface area contributed by atoms with Crippen LogP contribution in [0.4, 0.5) is 0 Å². The number of rotatable bonds is 5. The lowest BCUT2D eigenvalue weighted by molar-refractivity contribution is -0.00361. The zero-order valence-corrected chi connectivity index (χ0v) is 11.6. The van der Waals surface area contributed by atoms with E-state index in [0.29, 0.717) is 0 Å². The number of nitrogens with two attached hydrogens (primary N) is 1. The van der Waals surface area contributed by atoms with Gasteiger partial charge in [0.05, 0.1) is 6.10 Å². The molecule has 4 heteroatoms. The van der Waals surface area contributed by atoms with Gasteiger partial charge in [0.15, 0.2) is 0 Å². The summed E-state index contributed by atoms with van der Waals surface area (Å²) in [5.41, 5.74) is 6.28. The van der Waals surface area contributed by atoms with Crippen LogP contribution in [0, 0.1) is 5.41 Å². The molecule has 1 aromatic rings. The van der Waals surface area contributed by atoms with E-state index in [2.05, 4.69) is 25.8 Å². The highest BCUT2D eigenvalue weighted by Crippen LogP contribution is 2.25. The Labute approximate surface area is 104 Å². The van der Waals surface area contributed by atoms with Crippen molar-refractivity contribution in [3.63, 3.8) is 0 Å². The molecule has 1 aromatic heterocycles. The highest BCUT2D eigenvalue weighted by atomic mass is 16.5. The number of hydrogen-bond acceptors (Lipinski definition) is 3. The molecule has 98 valence electrons. The molecule has 0 saturated carbocycles. The zero-order valence-electron chi connectivity index (χ0n) is 11.6. The third-order valence-electron chi connectivity index (χ3n) is 3.12. The summed E-state index contributed by atoms with van der Waals surface area (Å²) in [5.74, 6) is 1.07. The number of ether oxygens (including phenoxy) is 1. The van der Waals surface area contributed by atoms with E-state index >= 15 is 0 Å². The number of imidazole rings is 1. The molecule has 0 aliphatic heterocycles. The molecule has 1 rings (SSSR count). The predicted molar refractivity (Wildman–Crippen MR) is 69.8 cm³/mol. The molecule has 2 atom stereocenters. The van der Waals surface area contributed by atoms with Crippen molar-refractivity contribution in [1.82, 2.24) is 9.55 Å². The van der Waals surface area contributed by atoms with Crippen molar-refractivity contribution in [3.8, 4) is 0 Å². The fourth-order valence-electron chi connectivity index (χ4n) is 2.26. The lowest BCUT2D eigenvalue weighted by atomic mass is 9.83. The first-order valence-electron chi connectivity index (χ1n) is 6.11. The standard InChI is InChI=1S/C13H25N3O/c1-13(2,3)12(17-5)10(14)6-7-11-15-8-9-16(11)4/h8-10,12H,6-7,14H2,1-5H3. The van der Waals surface area contributed by atoms with Gasteiger partial charge >= 0.3 is 0 Å². The normalized spacial score (nSPS) is 15.9. The van der Waals surface area contributed by atoms with Crippen LogP contribution in [0.3, 0.4) is 0 Å². The van der Waals surface area contributed by atoms with E-state index in [1.807, 2.05) is 24.0 Å². The Balaban J connectivity index is 2.54. The van der Waals surface area contributed by atoms with Gasteiger partial charge in [-0.3, -0.25) is 0 Å². The SMILES string of the molecule is COC(C(N)CCc1nccn1C)C(C)(C)C. The fourth-order valence-corrected chi connectivity index (χ4v) is 2.26. The second-order valence-electron chi connectivity index (χ2n) is 5.68. The highest BCUT2D eigenvalue weighted by Gasteiger charge is 2.29. The molecule has 0 aromatic carbocycles. The first-order chi connectivity index (χ1) is 7.86. The minimum atomic E-state index is 0.0386. The second kappa shape index (κ2) is 5.65. The fraction of sp³-hybridized carbons (Fsp3) is 0.769. The Morgan fingerprint density at radius 2 is 2.12 bits per heavy atom. The molecule has 0 aliphatic rings. The van der Waals surface area contributed by atoms with Gasteiger partial charge in [0.1, 0.15) is 5.82 Å². The van der Waals surface area contributed by atoms with Gasteiger partial charge in [-0.05, 0) is 11.8 Å². The van der Waals surface area contributed by atoms with E-state index in [1.54, 1.807) is 7.11 Å². The Morgan fingerprint density at radius 1 is 1.47 bits per heavy atom. The Hall–Kier alpha value is -0.870. The van der Waals surface area contributed by atoms with Crippen molar-refractivity contribution in [3.05, 3.63) is 18.2 Å². The molecule has 0 spiro atoms. The number of nitrogens with zero attached hydrogens (tertiary/aromatic N) is 2. The minimum Gasteiger partial charge on any atom is -0.379 e. The first kappa shape index (κ1) is 14.2. The Bertz CT molecular complexity index is 341. The average Bonchev–Trinajstić information content (AvgIpc) is 2.60. The van der Waals surface area contributed by atoms with Crippen LogP contribution in [0.1, 0.15) is 33.0 Å². The van der Waals surface area contributed by atoms with Gasteiger partial charge in [-0.15, -0.1) is 0 Å². The number of aromatic nitrogens is 2. The molecule has 2 unspecified atom stereocenters. The first-order valence-corrected chi connectivity index (χ1v) is 6.11. The maximum absolute atomic E-state index is 6.22. The van der Waals surface area contributed by atoms with Gasteiger partial charge < -0.3 is 15.0 Å². The summed E-state index contributed by atoms with van der Waals surface area (Å²) in [5, 5.41) is 0. The zero-order chi connectivity index (χ0) is 13.1. The van der Waals surface area contributed by atoms with Gasteiger partial charge in [0.25, 0.3) is 0 Å². The lowest BCUT2D eigenvalue weighted by Crippen LogP contribution is -2.45. The summed E-state index contributed by atoms with van der Waals surface area (Å²) in [6, 6.07) is 0.0386. The van der Waals surface area contributed by atoms with Crippen LogP contribution < -0.4 is 5.73 Å². The van der Waals surface area contributed by atoms with Crippen LogP contribution >= 0.6 is 0 Å². The molecule has 0 saturated heterocycles. The van der Waals surface area contributed by atoms with Crippen molar-refractivity contribution in [1.29, 1.82) is 0 Å². The lowest BCUT2D eigenvalue weighted by Gasteiger charge is -2.34. The van der Waals surface area contributed by atoms with Crippen LogP contribution in [0.5, 0.6) is 0 Å². The van der Waals surface area contributed by atoms with Crippen molar-refractivity contribution in [2.24, 2.45) is 18.2 Å². The average molecular weight is 239 g/mol. The van der Waals surface area contributed by atoms with Crippen LogP contribution in [0.15, 0.2) is 12.4 Å². The maximum atomic E-state index is 6.22. The molecule has 4 nitrogen and oxygen atoms in total. The molecule has 1 heterocycles. The largest absolute Gasteiger partial charge is 0.379 e. The van der Waals surface area contributed by atoms with E-state index in [9.17, 15) is 0 Å². The molecular formula is C13H25N3O. The molecule has 0 amide bonds. The second-order valence-corrected chi connectivity index (χ2v) is 5.68. The molecule has 0 aliphatic carbocycles. The third-order valence-corrected chi connectivity index (χ3v) is 3.12. The molecule has 0 bridgehead atoms. The Morgan fingerprint density at radius 3 is 2.53 bits per heavy atom. The summed E-state index contributed by atoms with van der Waals surface area (Å²) in [6.45, 7) is 6.46. The van der Waals surface area contributed by atoms with E-state index in [4.69, 9.17) is 10.5 Å². The quantitative estimate of drug-likeness (QED) is 0.851. The predicted octanol–water partition coefficient (Wildman–Crippen LogP) is 1.74. The third kappa shape index (κ3) is 3.82. The molecule has 17 heavy (non-hydrogen) atoms. The number of hydrogen-bond donors (Lipinski definition) is 1. The van der Waals surface area contributed by atoms with Crippen LogP contribution in [0.2, 0.25) is 0 Å². The topological polar surface area (TPSA) is 53.1 Å². The highest BCUT2D eigenvalue weighted by molar-refractivity contribution is 4.93. The van der Waals surface area contributed by atoms with Crippen LogP contribution in [0.25, 0.3) is 0 Å². The summed E-state index contributed by atoms with van der Waals surface area (Å²) < 4.78 is 7.56. The van der Waals surface area contributed by atoms with E-state index in [-0.39, 0.29) is 17.6 Å².